The van der Waals surface area contributed by atoms with Gasteiger partial charge in [-0.2, -0.15) is 5.26 Å². The van der Waals surface area contributed by atoms with Crippen LogP contribution in [0.1, 0.15) is 54.4 Å². The third-order valence-electron chi connectivity index (χ3n) is 7.95. The molecule has 0 saturated heterocycles. The van der Waals surface area contributed by atoms with Crippen LogP contribution in [0.3, 0.4) is 0 Å². The van der Waals surface area contributed by atoms with Crippen molar-refractivity contribution in [1.82, 2.24) is 15.2 Å². The maximum atomic E-state index is 12.7. The standard InChI is InChI=1S/C30H34N4O2/c31-20-23-2-5-24-12-15-34(16-13-26(24)17-23)14-11-21-3-8-27(9-4-21)32-30(36)19-22-1-6-25-7-10-29(35)33-28(25)18-22/h1-2,5-7,10,17-18,21,27H,3-4,8-9,11-16,19H2,(H,32,36)(H,33,35). The predicted molar refractivity (Wildman–Crippen MR) is 142 cm³/mol. The molecule has 6 heteroatoms. The molecule has 2 aromatic carbocycles. The molecule has 0 atom stereocenters. The van der Waals surface area contributed by atoms with E-state index in [0.29, 0.717) is 6.42 Å². The fraction of sp³-hybridized carbons (Fsp3) is 0.433. The van der Waals surface area contributed by atoms with Crippen molar-refractivity contribution in [2.24, 2.45) is 5.92 Å². The molecule has 6 nitrogen and oxygen atoms in total. The molecule has 1 saturated carbocycles. The number of aromatic amines is 1. The highest BCUT2D eigenvalue weighted by Gasteiger charge is 2.23. The van der Waals surface area contributed by atoms with Gasteiger partial charge in [-0.15, -0.1) is 0 Å². The van der Waals surface area contributed by atoms with Crippen molar-refractivity contribution in [3.05, 3.63) is 81.1 Å². The number of benzene rings is 2. The summed E-state index contributed by atoms with van der Waals surface area (Å²) >= 11 is 0. The Kier molecular flexibility index (Phi) is 7.48. The van der Waals surface area contributed by atoms with Crippen LogP contribution in [0, 0.1) is 17.2 Å². The van der Waals surface area contributed by atoms with Crippen molar-refractivity contribution in [2.75, 3.05) is 19.6 Å². The first kappa shape index (κ1) is 24.3. The zero-order valence-electron chi connectivity index (χ0n) is 20.8. The number of nitriles is 1. The molecule has 1 amide bonds. The lowest BCUT2D eigenvalue weighted by molar-refractivity contribution is -0.121. The summed E-state index contributed by atoms with van der Waals surface area (Å²) in [4.78, 5) is 29.7. The van der Waals surface area contributed by atoms with E-state index in [-0.39, 0.29) is 17.5 Å². The van der Waals surface area contributed by atoms with E-state index in [0.717, 1.165) is 73.3 Å². The van der Waals surface area contributed by atoms with Gasteiger partial charge in [0.25, 0.3) is 0 Å². The van der Waals surface area contributed by atoms with Gasteiger partial charge in [-0.1, -0.05) is 18.2 Å². The van der Waals surface area contributed by atoms with Gasteiger partial charge in [-0.05, 0) is 104 Å². The molecule has 2 N–H and O–H groups in total. The SMILES string of the molecule is N#Cc1ccc2c(c1)CCN(CCC1CCC(NC(=O)Cc3ccc4ccc(=O)[nH]c4c3)CC1)CC2. The predicted octanol–water partition coefficient (Wildman–Crippen LogP) is 4.11. The zero-order valence-corrected chi connectivity index (χ0v) is 20.8. The van der Waals surface area contributed by atoms with Crippen molar-refractivity contribution in [3.8, 4) is 6.07 Å². The number of carbonyl (C=O) groups is 1. The van der Waals surface area contributed by atoms with E-state index in [2.05, 4.69) is 33.4 Å². The van der Waals surface area contributed by atoms with Crippen LogP contribution in [0.25, 0.3) is 10.9 Å². The largest absolute Gasteiger partial charge is 0.353 e. The summed E-state index contributed by atoms with van der Waals surface area (Å²) in [6, 6.07) is 17.8. The molecule has 1 aromatic heterocycles. The monoisotopic (exact) mass is 482 g/mol. The fourth-order valence-corrected chi connectivity index (χ4v) is 5.80. The molecule has 3 aromatic rings. The Labute approximate surface area is 212 Å². The lowest BCUT2D eigenvalue weighted by Gasteiger charge is -2.30. The number of amides is 1. The Balaban J connectivity index is 1.04. The van der Waals surface area contributed by atoms with Crippen LogP contribution in [0.5, 0.6) is 0 Å². The molecule has 0 bridgehead atoms. The van der Waals surface area contributed by atoms with E-state index in [1.165, 1.54) is 36.5 Å². The lowest BCUT2D eigenvalue weighted by Crippen LogP contribution is -2.39. The Morgan fingerprint density at radius 3 is 2.58 bits per heavy atom. The minimum atomic E-state index is -0.129. The molecule has 36 heavy (non-hydrogen) atoms. The van der Waals surface area contributed by atoms with E-state index < -0.39 is 0 Å². The van der Waals surface area contributed by atoms with Gasteiger partial charge in [0.2, 0.25) is 11.5 Å². The first-order valence-electron chi connectivity index (χ1n) is 13.2. The van der Waals surface area contributed by atoms with Gasteiger partial charge in [0, 0.05) is 30.7 Å². The molecule has 0 spiro atoms. The summed E-state index contributed by atoms with van der Waals surface area (Å²) in [5.74, 6) is 0.783. The number of nitrogens with zero attached hydrogens (tertiary/aromatic N) is 2. The quantitative estimate of drug-likeness (QED) is 0.553. The van der Waals surface area contributed by atoms with Crippen LogP contribution in [-0.2, 0) is 24.1 Å². The molecule has 0 unspecified atom stereocenters. The molecule has 1 aliphatic carbocycles. The number of hydrogen-bond acceptors (Lipinski definition) is 4. The summed E-state index contributed by atoms with van der Waals surface area (Å²) in [5, 5.41) is 13.4. The summed E-state index contributed by atoms with van der Waals surface area (Å²) in [6.07, 6.45) is 8.07. The second kappa shape index (κ2) is 11.1. The Morgan fingerprint density at radius 2 is 1.78 bits per heavy atom. The summed E-state index contributed by atoms with van der Waals surface area (Å²) < 4.78 is 0. The number of carbonyl (C=O) groups excluding carboxylic acids is 1. The van der Waals surface area contributed by atoms with E-state index in [4.69, 9.17) is 0 Å². The van der Waals surface area contributed by atoms with Gasteiger partial charge in [0.1, 0.15) is 0 Å². The van der Waals surface area contributed by atoms with Gasteiger partial charge >= 0.3 is 0 Å². The Bertz CT molecular complexity index is 1330. The molecule has 0 radical (unpaired) electrons. The average Bonchev–Trinajstić information content (AvgIpc) is 3.09. The minimum absolute atomic E-state index is 0.0553. The zero-order chi connectivity index (χ0) is 24.9. The molecule has 1 aliphatic heterocycles. The van der Waals surface area contributed by atoms with Crippen molar-refractivity contribution < 1.29 is 4.79 Å². The Hall–Kier alpha value is -3.43. The number of hydrogen-bond donors (Lipinski definition) is 2. The first-order valence-corrected chi connectivity index (χ1v) is 13.2. The van der Waals surface area contributed by atoms with Crippen molar-refractivity contribution in [1.29, 1.82) is 5.26 Å². The number of pyridine rings is 1. The van der Waals surface area contributed by atoms with Crippen LogP contribution in [0.2, 0.25) is 0 Å². The number of rotatable bonds is 6. The van der Waals surface area contributed by atoms with Crippen LogP contribution in [0.4, 0.5) is 0 Å². The van der Waals surface area contributed by atoms with Gasteiger partial charge in [0.05, 0.1) is 18.1 Å². The number of aromatic nitrogens is 1. The number of H-pyrrole nitrogens is 1. The lowest BCUT2D eigenvalue weighted by atomic mass is 9.84. The van der Waals surface area contributed by atoms with Crippen molar-refractivity contribution in [3.63, 3.8) is 0 Å². The molecule has 1 fully saturated rings. The Morgan fingerprint density at radius 1 is 1.00 bits per heavy atom. The minimum Gasteiger partial charge on any atom is -0.353 e. The highest BCUT2D eigenvalue weighted by Crippen LogP contribution is 2.28. The summed E-state index contributed by atoms with van der Waals surface area (Å²) in [5.41, 5.74) is 5.05. The maximum Gasteiger partial charge on any atom is 0.248 e. The van der Waals surface area contributed by atoms with Crippen molar-refractivity contribution >= 4 is 16.8 Å². The average molecular weight is 483 g/mol. The maximum absolute atomic E-state index is 12.7. The normalized spacial score (nSPS) is 20.3. The summed E-state index contributed by atoms with van der Waals surface area (Å²) in [6.45, 7) is 3.29. The highest BCUT2D eigenvalue weighted by molar-refractivity contribution is 5.83. The topological polar surface area (TPSA) is 89.0 Å². The first-order chi connectivity index (χ1) is 17.6. The molecule has 186 valence electrons. The third-order valence-corrected chi connectivity index (χ3v) is 7.95. The number of nitrogens with one attached hydrogen (secondary N) is 2. The van der Waals surface area contributed by atoms with Crippen LogP contribution in [0.15, 0.2) is 53.3 Å². The molecular formula is C30H34N4O2. The van der Waals surface area contributed by atoms with Gasteiger partial charge < -0.3 is 15.2 Å². The van der Waals surface area contributed by atoms with Crippen molar-refractivity contribution in [2.45, 2.75) is 57.4 Å². The van der Waals surface area contributed by atoms with E-state index in [9.17, 15) is 14.9 Å². The summed E-state index contributed by atoms with van der Waals surface area (Å²) in [7, 11) is 0. The van der Waals surface area contributed by atoms with E-state index >= 15 is 0 Å². The van der Waals surface area contributed by atoms with Gasteiger partial charge in [0.15, 0.2) is 0 Å². The van der Waals surface area contributed by atoms with E-state index in [1.54, 1.807) is 6.07 Å². The van der Waals surface area contributed by atoms with Crippen LogP contribution >= 0.6 is 0 Å². The van der Waals surface area contributed by atoms with Gasteiger partial charge in [-0.25, -0.2) is 0 Å². The fourth-order valence-electron chi connectivity index (χ4n) is 5.80. The second-order valence-corrected chi connectivity index (χ2v) is 10.4. The van der Waals surface area contributed by atoms with Crippen LogP contribution in [-0.4, -0.2) is 41.5 Å². The highest BCUT2D eigenvalue weighted by atomic mass is 16.1. The second-order valence-electron chi connectivity index (χ2n) is 10.4. The molecule has 2 heterocycles. The van der Waals surface area contributed by atoms with E-state index in [1.807, 2.05) is 24.3 Å². The molecule has 2 aliphatic rings. The van der Waals surface area contributed by atoms with Crippen LogP contribution < -0.4 is 10.9 Å². The smallest absolute Gasteiger partial charge is 0.248 e. The molecule has 5 rings (SSSR count). The molecular weight excluding hydrogens is 448 g/mol. The number of fused-ring (bicyclic) bond motifs is 2. The van der Waals surface area contributed by atoms with Gasteiger partial charge in [-0.3, -0.25) is 9.59 Å². The third kappa shape index (κ3) is 6.03.